The lowest BCUT2D eigenvalue weighted by Crippen LogP contribution is -2.12. The van der Waals surface area contributed by atoms with E-state index in [-0.39, 0.29) is 24.1 Å². The van der Waals surface area contributed by atoms with Crippen molar-refractivity contribution in [2.45, 2.75) is 32.8 Å². The van der Waals surface area contributed by atoms with Crippen LogP contribution in [-0.4, -0.2) is 32.6 Å². The van der Waals surface area contributed by atoms with E-state index in [0.29, 0.717) is 6.61 Å². The second-order valence-electron chi connectivity index (χ2n) is 4.73. The average Bonchev–Trinajstić information content (AvgIpc) is 2.43. The minimum Gasteiger partial charge on any atom is -0.463 e. The molecule has 2 rings (SSSR count). The zero-order valence-electron chi connectivity index (χ0n) is 12.2. The van der Waals surface area contributed by atoms with Gasteiger partial charge in [-0.1, -0.05) is 0 Å². The number of rotatable bonds is 7. The van der Waals surface area contributed by atoms with E-state index in [9.17, 15) is 0 Å². The van der Waals surface area contributed by atoms with Crippen LogP contribution in [0.3, 0.4) is 0 Å². The van der Waals surface area contributed by atoms with Crippen LogP contribution in [0.5, 0.6) is 12.0 Å². The minimum absolute atomic E-state index is 0.0358. The van der Waals surface area contributed by atoms with Crippen molar-refractivity contribution in [1.29, 1.82) is 0 Å². The Bertz CT molecular complexity index is 563. The van der Waals surface area contributed by atoms with Gasteiger partial charge in [-0.25, -0.2) is 0 Å². The molecule has 2 aromatic rings. The summed E-state index contributed by atoms with van der Waals surface area (Å²) >= 11 is 0. The summed E-state index contributed by atoms with van der Waals surface area (Å²) < 4.78 is 10.9. The summed E-state index contributed by atoms with van der Waals surface area (Å²) in [5.41, 5.74) is 6.82. The maximum atomic E-state index is 5.60. The quantitative estimate of drug-likeness (QED) is 0.774. The maximum absolute atomic E-state index is 5.60. The second-order valence-corrected chi connectivity index (χ2v) is 4.73. The monoisotopic (exact) mass is 289 g/mol. The number of nitrogens with two attached hydrogens (primary N) is 1. The standard InChI is InChI=1S/C14H19N5O2/c1-10(2)21-14-18-12(15)17-13(19-14)20-9-3-4-11-5-7-16-8-6-11/h5-8,10H,3-4,9H2,1-2H3,(H2,15,17,18,19). The molecule has 2 aromatic heterocycles. The van der Waals surface area contributed by atoms with Gasteiger partial charge in [0.25, 0.3) is 0 Å². The van der Waals surface area contributed by atoms with Crippen molar-refractivity contribution < 1.29 is 9.47 Å². The highest BCUT2D eigenvalue weighted by atomic mass is 16.5. The van der Waals surface area contributed by atoms with E-state index in [4.69, 9.17) is 15.2 Å². The van der Waals surface area contributed by atoms with E-state index in [2.05, 4.69) is 19.9 Å². The Hall–Kier alpha value is -2.44. The Labute approximate surface area is 123 Å². The number of pyridine rings is 1. The molecule has 2 heterocycles. The smallest absolute Gasteiger partial charge is 0.324 e. The van der Waals surface area contributed by atoms with E-state index < -0.39 is 0 Å². The first-order chi connectivity index (χ1) is 10.1. The number of nitrogen functional groups attached to an aromatic ring is 1. The molecule has 0 aliphatic carbocycles. The SMILES string of the molecule is CC(C)Oc1nc(N)nc(OCCCc2ccncc2)n1. The van der Waals surface area contributed by atoms with Crippen LogP contribution < -0.4 is 15.2 Å². The summed E-state index contributed by atoms with van der Waals surface area (Å²) in [7, 11) is 0. The van der Waals surface area contributed by atoms with Crippen LogP contribution in [0.25, 0.3) is 0 Å². The summed E-state index contributed by atoms with van der Waals surface area (Å²) in [4.78, 5) is 15.9. The molecular formula is C14H19N5O2. The van der Waals surface area contributed by atoms with Crippen LogP contribution >= 0.6 is 0 Å². The molecule has 21 heavy (non-hydrogen) atoms. The van der Waals surface area contributed by atoms with Crippen molar-refractivity contribution in [2.24, 2.45) is 0 Å². The number of nitrogens with zero attached hydrogens (tertiary/aromatic N) is 4. The molecule has 7 nitrogen and oxygen atoms in total. The van der Waals surface area contributed by atoms with Gasteiger partial charge in [-0.3, -0.25) is 4.98 Å². The molecule has 0 aliphatic rings. The van der Waals surface area contributed by atoms with Crippen LogP contribution in [0.2, 0.25) is 0 Å². The van der Waals surface area contributed by atoms with Gasteiger partial charge in [0.1, 0.15) is 0 Å². The van der Waals surface area contributed by atoms with Gasteiger partial charge in [0.15, 0.2) is 0 Å². The Balaban J connectivity index is 1.84. The lowest BCUT2D eigenvalue weighted by atomic mass is 10.1. The lowest BCUT2D eigenvalue weighted by Gasteiger charge is -2.09. The molecule has 0 saturated carbocycles. The molecule has 0 aromatic carbocycles. The summed E-state index contributed by atoms with van der Waals surface area (Å²) in [6, 6.07) is 4.33. The fraction of sp³-hybridized carbons (Fsp3) is 0.429. The van der Waals surface area contributed by atoms with E-state index in [1.807, 2.05) is 26.0 Å². The van der Waals surface area contributed by atoms with Gasteiger partial charge < -0.3 is 15.2 Å². The van der Waals surface area contributed by atoms with Crippen LogP contribution in [-0.2, 0) is 6.42 Å². The van der Waals surface area contributed by atoms with Gasteiger partial charge in [-0.05, 0) is 44.4 Å². The number of aryl methyl sites for hydroxylation is 1. The molecule has 0 unspecified atom stereocenters. The average molecular weight is 289 g/mol. The second kappa shape index (κ2) is 7.37. The maximum Gasteiger partial charge on any atom is 0.324 e. The third-order valence-corrected chi connectivity index (χ3v) is 2.54. The fourth-order valence-corrected chi connectivity index (χ4v) is 1.67. The predicted molar refractivity (Wildman–Crippen MR) is 78.1 cm³/mol. The van der Waals surface area contributed by atoms with E-state index in [1.165, 1.54) is 5.56 Å². The fourth-order valence-electron chi connectivity index (χ4n) is 1.67. The highest BCUT2D eigenvalue weighted by Gasteiger charge is 2.08. The molecule has 112 valence electrons. The Morgan fingerprint density at radius 3 is 2.52 bits per heavy atom. The third kappa shape index (κ3) is 5.21. The Morgan fingerprint density at radius 2 is 1.81 bits per heavy atom. The van der Waals surface area contributed by atoms with E-state index >= 15 is 0 Å². The zero-order chi connectivity index (χ0) is 15.1. The van der Waals surface area contributed by atoms with E-state index in [0.717, 1.165) is 12.8 Å². The molecule has 0 radical (unpaired) electrons. The molecule has 0 aliphatic heterocycles. The number of anilines is 1. The first-order valence-corrected chi connectivity index (χ1v) is 6.83. The van der Waals surface area contributed by atoms with Crippen molar-refractivity contribution in [3.05, 3.63) is 30.1 Å². The molecule has 0 atom stereocenters. The summed E-state index contributed by atoms with van der Waals surface area (Å²) in [5, 5.41) is 0. The third-order valence-electron chi connectivity index (χ3n) is 2.54. The van der Waals surface area contributed by atoms with Crippen molar-refractivity contribution in [3.63, 3.8) is 0 Å². The summed E-state index contributed by atoms with van der Waals surface area (Å²) in [5.74, 6) is 0.0878. The van der Waals surface area contributed by atoms with Crippen molar-refractivity contribution >= 4 is 5.95 Å². The van der Waals surface area contributed by atoms with Crippen LogP contribution in [0, 0.1) is 0 Å². The largest absolute Gasteiger partial charge is 0.463 e. The molecule has 0 fully saturated rings. The van der Waals surface area contributed by atoms with Crippen molar-refractivity contribution in [3.8, 4) is 12.0 Å². The summed E-state index contributed by atoms with van der Waals surface area (Å²) in [6.45, 7) is 4.26. The van der Waals surface area contributed by atoms with Gasteiger partial charge in [0, 0.05) is 12.4 Å². The number of hydrogen-bond acceptors (Lipinski definition) is 7. The van der Waals surface area contributed by atoms with Gasteiger partial charge in [-0.15, -0.1) is 4.98 Å². The highest BCUT2D eigenvalue weighted by molar-refractivity contribution is 5.20. The molecule has 0 amide bonds. The molecule has 0 bridgehead atoms. The van der Waals surface area contributed by atoms with Gasteiger partial charge in [-0.2, -0.15) is 9.97 Å². The molecule has 0 spiro atoms. The highest BCUT2D eigenvalue weighted by Crippen LogP contribution is 2.12. The Kier molecular flexibility index (Phi) is 5.25. The van der Waals surface area contributed by atoms with Gasteiger partial charge in [0.2, 0.25) is 5.95 Å². The number of hydrogen-bond donors (Lipinski definition) is 1. The van der Waals surface area contributed by atoms with Crippen LogP contribution in [0.15, 0.2) is 24.5 Å². The summed E-state index contributed by atoms with van der Waals surface area (Å²) in [6.07, 6.45) is 5.26. The number of aromatic nitrogens is 4. The lowest BCUT2D eigenvalue weighted by molar-refractivity contribution is 0.213. The minimum atomic E-state index is -0.0358. The van der Waals surface area contributed by atoms with Gasteiger partial charge in [0.05, 0.1) is 12.7 Å². The zero-order valence-corrected chi connectivity index (χ0v) is 12.2. The van der Waals surface area contributed by atoms with E-state index in [1.54, 1.807) is 12.4 Å². The first-order valence-electron chi connectivity index (χ1n) is 6.83. The molecule has 0 saturated heterocycles. The molecule has 7 heteroatoms. The Morgan fingerprint density at radius 1 is 1.10 bits per heavy atom. The van der Waals surface area contributed by atoms with Gasteiger partial charge >= 0.3 is 12.0 Å². The number of ether oxygens (including phenoxy) is 2. The van der Waals surface area contributed by atoms with Crippen LogP contribution in [0.4, 0.5) is 5.95 Å². The van der Waals surface area contributed by atoms with Crippen molar-refractivity contribution in [1.82, 2.24) is 19.9 Å². The normalized spacial score (nSPS) is 10.6. The molecule has 2 N–H and O–H groups in total. The predicted octanol–water partition coefficient (Wildman–Crippen LogP) is 1.65. The van der Waals surface area contributed by atoms with Crippen molar-refractivity contribution in [2.75, 3.05) is 12.3 Å². The topological polar surface area (TPSA) is 96.0 Å². The first kappa shape index (κ1) is 15.0. The molecular weight excluding hydrogens is 270 g/mol. The van der Waals surface area contributed by atoms with Crippen LogP contribution in [0.1, 0.15) is 25.8 Å².